The SMILES string of the molecule is C=C[C@](C)(CCC1C(=C)C[C@H](OC(=O)CC)[C@H]2C(C)(C)CCC[C@]12C)OC(=O)CC. The zero-order chi connectivity index (χ0) is 22.7. The van der Waals surface area contributed by atoms with Gasteiger partial charge in [0, 0.05) is 25.2 Å². The minimum absolute atomic E-state index is 0.00656. The predicted molar refractivity (Wildman–Crippen MR) is 121 cm³/mol. The molecule has 0 amide bonds. The molecule has 4 heteroatoms. The summed E-state index contributed by atoms with van der Waals surface area (Å²) >= 11 is 0. The summed E-state index contributed by atoms with van der Waals surface area (Å²) in [5.41, 5.74) is 0.594. The summed E-state index contributed by atoms with van der Waals surface area (Å²) in [4.78, 5) is 24.1. The van der Waals surface area contributed by atoms with Crippen LogP contribution in [0, 0.1) is 22.7 Å². The first-order valence-electron chi connectivity index (χ1n) is 11.6. The Hall–Kier alpha value is -1.58. The fourth-order valence-corrected chi connectivity index (χ4v) is 6.29. The van der Waals surface area contributed by atoms with Crippen molar-refractivity contribution in [2.45, 2.75) is 105 Å². The van der Waals surface area contributed by atoms with Gasteiger partial charge in [-0.2, -0.15) is 0 Å². The molecule has 2 rings (SSSR count). The van der Waals surface area contributed by atoms with Crippen LogP contribution in [-0.2, 0) is 19.1 Å². The van der Waals surface area contributed by atoms with Crippen molar-refractivity contribution in [1.29, 1.82) is 0 Å². The Labute approximate surface area is 183 Å². The van der Waals surface area contributed by atoms with Gasteiger partial charge in [0.2, 0.25) is 0 Å². The smallest absolute Gasteiger partial charge is 0.306 e. The lowest BCUT2D eigenvalue weighted by molar-refractivity contribution is -0.173. The highest BCUT2D eigenvalue weighted by atomic mass is 16.6. The van der Waals surface area contributed by atoms with Crippen molar-refractivity contribution in [3.63, 3.8) is 0 Å². The summed E-state index contributed by atoms with van der Waals surface area (Å²) in [7, 11) is 0. The number of fused-ring (bicyclic) bond motifs is 1. The zero-order valence-electron chi connectivity index (χ0n) is 20.0. The van der Waals surface area contributed by atoms with Crippen molar-refractivity contribution in [3.8, 4) is 0 Å². The van der Waals surface area contributed by atoms with E-state index in [1.54, 1.807) is 6.08 Å². The first-order chi connectivity index (χ1) is 13.9. The van der Waals surface area contributed by atoms with Gasteiger partial charge in [-0.1, -0.05) is 59.8 Å². The molecule has 0 aromatic rings. The molecule has 0 radical (unpaired) electrons. The average molecular weight is 419 g/mol. The Balaban J connectivity index is 2.30. The summed E-state index contributed by atoms with van der Waals surface area (Å²) in [5.74, 6) is 0.270. The van der Waals surface area contributed by atoms with Crippen LogP contribution in [-0.4, -0.2) is 23.6 Å². The maximum Gasteiger partial charge on any atom is 0.306 e. The third kappa shape index (κ3) is 5.00. The molecule has 1 unspecified atom stereocenters. The zero-order valence-corrected chi connectivity index (χ0v) is 20.0. The minimum Gasteiger partial charge on any atom is -0.462 e. The molecule has 0 aliphatic heterocycles. The van der Waals surface area contributed by atoms with E-state index in [1.807, 2.05) is 20.8 Å². The fraction of sp³-hybridized carbons (Fsp3) is 0.769. The highest BCUT2D eigenvalue weighted by Crippen LogP contribution is 2.62. The second kappa shape index (κ2) is 9.28. The van der Waals surface area contributed by atoms with Gasteiger partial charge >= 0.3 is 11.9 Å². The molecule has 2 saturated carbocycles. The molecule has 0 N–H and O–H groups in total. The van der Waals surface area contributed by atoms with Gasteiger partial charge in [0.05, 0.1) is 0 Å². The monoisotopic (exact) mass is 418 g/mol. The van der Waals surface area contributed by atoms with Crippen LogP contribution >= 0.6 is 0 Å². The first kappa shape index (κ1) is 24.7. The molecular weight excluding hydrogens is 376 g/mol. The molecule has 0 aromatic heterocycles. The molecule has 0 spiro atoms. The van der Waals surface area contributed by atoms with Gasteiger partial charge in [0.25, 0.3) is 0 Å². The maximum atomic E-state index is 12.2. The van der Waals surface area contributed by atoms with Crippen molar-refractivity contribution >= 4 is 11.9 Å². The number of carbonyl (C=O) groups is 2. The van der Waals surface area contributed by atoms with Gasteiger partial charge in [0.1, 0.15) is 11.7 Å². The fourth-order valence-electron chi connectivity index (χ4n) is 6.29. The Kier molecular flexibility index (Phi) is 7.63. The standard InChI is InChI=1S/C26H42O4/c1-9-21(27)29-20-17-18(4)19(13-16-25(7,11-3)30-22(28)10-2)26(8)15-12-14-24(5,6)23(20)26/h11,19-20,23H,3-4,9-10,12-17H2,1-2,5-8H3/t19?,20-,23-,25+,26+/m0/s1. The molecule has 5 atom stereocenters. The van der Waals surface area contributed by atoms with Crippen LogP contribution < -0.4 is 0 Å². The lowest BCUT2D eigenvalue weighted by atomic mass is 9.46. The second-order valence-corrected chi connectivity index (χ2v) is 10.5. The van der Waals surface area contributed by atoms with Crippen LogP contribution in [0.4, 0.5) is 0 Å². The van der Waals surface area contributed by atoms with Crippen LogP contribution in [0.25, 0.3) is 0 Å². The van der Waals surface area contributed by atoms with Crippen LogP contribution in [0.3, 0.4) is 0 Å². The summed E-state index contributed by atoms with van der Waals surface area (Å²) in [6.45, 7) is 21.0. The van der Waals surface area contributed by atoms with E-state index >= 15 is 0 Å². The lowest BCUT2D eigenvalue weighted by Crippen LogP contribution is -2.56. The molecule has 2 aliphatic carbocycles. The molecule has 2 aliphatic rings. The Morgan fingerprint density at radius 2 is 1.80 bits per heavy atom. The molecule has 30 heavy (non-hydrogen) atoms. The van der Waals surface area contributed by atoms with Crippen molar-refractivity contribution in [2.75, 3.05) is 0 Å². The highest BCUT2D eigenvalue weighted by molar-refractivity contribution is 5.69. The largest absolute Gasteiger partial charge is 0.462 e. The van der Waals surface area contributed by atoms with E-state index in [-0.39, 0.29) is 34.8 Å². The van der Waals surface area contributed by atoms with E-state index in [2.05, 4.69) is 33.9 Å². The number of ether oxygens (including phenoxy) is 2. The highest BCUT2D eigenvalue weighted by Gasteiger charge is 2.57. The van der Waals surface area contributed by atoms with Crippen molar-refractivity contribution < 1.29 is 19.1 Å². The van der Waals surface area contributed by atoms with Gasteiger partial charge < -0.3 is 9.47 Å². The van der Waals surface area contributed by atoms with E-state index in [4.69, 9.17) is 9.47 Å². The van der Waals surface area contributed by atoms with E-state index in [0.29, 0.717) is 25.2 Å². The molecule has 0 heterocycles. The average Bonchev–Trinajstić information content (AvgIpc) is 2.66. The number of carbonyl (C=O) groups excluding carboxylic acids is 2. The Morgan fingerprint density at radius 1 is 1.17 bits per heavy atom. The summed E-state index contributed by atoms with van der Waals surface area (Å²) < 4.78 is 11.7. The summed E-state index contributed by atoms with van der Waals surface area (Å²) in [6, 6.07) is 0. The maximum absolute atomic E-state index is 12.2. The molecule has 2 fully saturated rings. The Bertz CT molecular complexity index is 679. The molecule has 0 bridgehead atoms. The summed E-state index contributed by atoms with van der Waals surface area (Å²) in [6.07, 6.45) is 8.14. The summed E-state index contributed by atoms with van der Waals surface area (Å²) in [5, 5.41) is 0. The van der Waals surface area contributed by atoms with E-state index < -0.39 is 5.60 Å². The molecule has 4 nitrogen and oxygen atoms in total. The number of hydrogen-bond donors (Lipinski definition) is 0. The third-order valence-electron chi connectivity index (χ3n) is 7.78. The van der Waals surface area contributed by atoms with E-state index in [1.165, 1.54) is 6.42 Å². The number of esters is 2. The molecule has 0 aromatic carbocycles. The van der Waals surface area contributed by atoms with E-state index in [0.717, 1.165) is 31.3 Å². The number of hydrogen-bond acceptors (Lipinski definition) is 4. The van der Waals surface area contributed by atoms with E-state index in [9.17, 15) is 9.59 Å². The van der Waals surface area contributed by atoms with Crippen LogP contribution in [0.1, 0.15) is 92.9 Å². The van der Waals surface area contributed by atoms with Crippen LogP contribution in [0.5, 0.6) is 0 Å². The van der Waals surface area contributed by atoms with Gasteiger partial charge in [-0.25, -0.2) is 0 Å². The number of rotatable bonds is 8. The second-order valence-electron chi connectivity index (χ2n) is 10.5. The van der Waals surface area contributed by atoms with Crippen molar-refractivity contribution in [3.05, 3.63) is 24.8 Å². The third-order valence-corrected chi connectivity index (χ3v) is 7.78. The Morgan fingerprint density at radius 3 is 2.37 bits per heavy atom. The van der Waals surface area contributed by atoms with Gasteiger partial charge in [-0.3, -0.25) is 9.59 Å². The van der Waals surface area contributed by atoms with Crippen molar-refractivity contribution in [1.82, 2.24) is 0 Å². The topological polar surface area (TPSA) is 52.6 Å². The van der Waals surface area contributed by atoms with Crippen LogP contribution in [0.2, 0.25) is 0 Å². The normalized spacial score (nSPS) is 32.5. The molecule has 0 saturated heterocycles. The molecule has 170 valence electrons. The minimum atomic E-state index is -0.672. The molecular formula is C26H42O4. The van der Waals surface area contributed by atoms with Gasteiger partial charge in [0.15, 0.2) is 0 Å². The van der Waals surface area contributed by atoms with Crippen molar-refractivity contribution in [2.24, 2.45) is 22.7 Å². The van der Waals surface area contributed by atoms with Gasteiger partial charge in [-0.15, -0.1) is 0 Å². The first-order valence-corrected chi connectivity index (χ1v) is 11.6. The quantitative estimate of drug-likeness (QED) is 0.338. The van der Waals surface area contributed by atoms with Gasteiger partial charge in [-0.05, 0) is 55.4 Å². The lowest BCUT2D eigenvalue weighted by Gasteiger charge is -2.60. The predicted octanol–water partition coefficient (Wildman–Crippen LogP) is 6.40. The van der Waals surface area contributed by atoms with Crippen LogP contribution in [0.15, 0.2) is 24.8 Å².